The molecule has 1 aromatic rings. The highest BCUT2D eigenvalue weighted by Gasteiger charge is 2.24. The van der Waals surface area contributed by atoms with E-state index < -0.39 is 0 Å². The molecule has 0 bridgehead atoms. The Morgan fingerprint density at radius 1 is 1.16 bits per heavy atom. The topological polar surface area (TPSA) is 43.7 Å². The first-order chi connectivity index (χ1) is 8.70. The van der Waals surface area contributed by atoms with E-state index in [1.807, 2.05) is 18.2 Å². The predicted molar refractivity (Wildman–Crippen MR) is 79.7 cm³/mol. The number of benzene rings is 1. The molecule has 108 valence electrons. The molecule has 2 rings (SSSR count). The number of rotatable bonds is 4. The first-order valence-corrected chi connectivity index (χ1v) is 6.89. The van der Waals surface area contributed by atoms with E-state index in [-0.39, 0.29) is 18.5 Å². The van der Waals surface area contributed by atoms with Crippen molar-refractivity contribution in [3.05, 3.63) is 29.8 Å². The van der Waals surface area contributed by atoms with E-state index >= 15 is 0 Å². The van der Waals surface area contributed by atoms with Gasteiger partial charge >= 0.3 is 0 Å². The molecule has 0 aromatic heterocycles. The lowest BCUT2D eigenvalue weighted by molar-refractivity contribution is 0.0724. The van der Waals surface area contributed by atoms with Crippen LogP contribution < -0.4 is 0 Å². The minimum atomic E-state index is -0.106. The summed E-state index contributed by atoms with van der Waals surface area (Å²) in [6.07, 6.45) is 3.82. The highest BCUT2D eigenvalue weighted by molar-refractivity contribution is 5.85. The van der Waals surface area contributed by atoms with E-state index in [1.54, 1.807) is 6.07 Å². The number of phenols is 1. The smallest absolute Gasteiger partial charge is 0.120 e. The molecule has 2 N–H and O–H groups in total. The lowest BCUT2D eigenvalue weighted by atomic mass is 9.91. The number of aliphatic hydroxyl groups is 1. The third-order valence-electron chi connectivity index (χ3n) is 3.95. The van der Waals surface area contributed by atoms with E-state index in [9.17, 15) is 10.2 Å². The van der Waals surface area contributed by atoms with Crippen molar-refractivity contribution in [3.8, 4) is 5.75 Å². The number of aromatic hydroxyl groups is 1. The van der Waals surface area contributed by atoms with Gasteiger partial charge in [-0.05, 0) is 38.3 Å². The first kappa shape index (κ1) is 16.3. The van der Waals surface area contributed by atoms with Gasteiger partial charge in [0.1, 0.15) is 5.75 Å². The maximum Gasteiger partial charge on any atom is 0.120 e. The van der Waals surface area contributed by atoms with Crippen LogP contribution in [0.2, 0.25) is 0 Å². The van der Waals surface area contributed by atoms with Crippen molar-refractivity contribution in [2.45, 2.75) is 51.3 Å². The molecule has 0 amide bonds. The van der Waals surface area contributed by atoms with E-state index in [0.717, 1.165) is 44.3 Å². The van der Waals surface area contributed by atoms with Crippen molar-refractivity contribution in [2.75, 3.05) is 6.54 Å². The molecule has 0 spiro atoms. The molecule has 1 aliphatic carbocycles. The second-order valence-corrected chi connectivity index (χ2v) is 5.15. The number of aliphatic hydroxyl groups excluding tert-OH is 1. The summed E-state index contributed by atoms with van der Waals surface area (Å²) in [5.41, 5.74) is 0.991. The number of halogens is 1. The largest absolute Gasteiger partial charge is 0.508 e. The summed E-state index contributed by atoms with van der Waals surface area (Å²) in [7, 11) is 0. The average Bonchev–Trinajstić information content (AvgIpc) is 2.39. The molecule has 0 atom stereocenters. The summed E-state index contributed by atoms with van der Waals surface area (Å²) in [6, 6.07) is 8.08. The Kier molecular flexibility index (Phi) is 6.63. The number of hydrogen-bond donors (Lipinski definition) is 2. The van der Waals surface area contributed by atoms with Gasteiger partial charge in [-0.1, -0.05) is 25.1 Å². The normalized spacial score (nSPS) is 23.1. The first-order valence-electron chi connectivity index (χ1n) is 6.89. The van der Waals surface area contributed by atoms with Crippen LogP contribution in [0.5, 0.6) is 5.75 Å². The molecule has 0 unspecified atom stereocenters. The summed E-state index contributed by atoms with van der Waals surface area (Å²) < 4.78 is 0. The van der Waals surface area contributed by atoms with Crippen molar-refractivity contribution in [1.29, 1.82) is 0 Å². The lowest BCUT2D eigenvalue weighted by Gasteiger charge is -2.35. The van der Waals surface area contributed by atoms with Gasteiger partial charge < -0.3 is 10.2 Å². The van der Waals surface area contributed by atoms with Gasteiger partial charge in [-0.2, -0.15) is 0 Å². The number of nitrogens with zero attached hydrogens (tertiary/aromatic N) is 1. The fourth-order valence-electron chi connectivity index (χ4n) is 2.79. The van der Waals surface area contributed by atoms with Crippen LogP contribution >= 0.6 is 12.4 Å². The molecular formula is C15H24ClNO2. The third-order valence-corrected chi connectivity index (χ3v) is 3.95. The molecule has 0 heterocycles. The Bertz CT molecular complexity index is 378. The summed E-state index contributed by atoms with van der Waals surface area (Å²) in [6.45, 7) is 3.93. The Hall–Kier alpha value is -0.770. The highest BCUT2D eigenvalue weighted by atomic mass is 35.5. The van der Waals surface area contributed by atoms with Gasteiger partial charge in [0.05, 0.1) is 6.10 Å². The van der Waals surface area contributed by atoms with Crippen LogP contribution in [0.1, 0.15) is 38.2 Å². The van der Waals surface area contributed by atoms with Crippen LogP contribution in [0.3, 0.4) is 0 Å². The second-order valence-electron chi connectivity index (χ2n) is 5.15. The summed E-state index contributed by atoms with van der Waals surface area (Å²) in [5.74, 6) is 0.381. The number of hydrogen-bond acceptors (Lipinski definition) is 3. The minimum absolute atomic E-state index is 0. The second kappa shape index (κ2) is 7.73. The molecule has 3 nitrogen and oxygen atoms in total. The van der Waals surface area contributed by atoms with Gasteiger partial charge in [0.15, 0.2) is 0 Å². The molecule has 0 aliphatic heterocycles. The quantitative estimate of drug-likeness (QED) is 0.894. The van der Waals surface area contributed by atoms with Crippen molar-refractivity contribution >= 4 is 12.4 Å². The molecule has 1 aromatic carbocycles. The molecule has 19 heavy (non-hydrogen) atoms. The highest BCUT2D eigenvalue weighted by Crippen LogP contribution is 2.26. The molecule has 1 fully saturated rings. The van der Waals surface area contributed by atoms with Crippen LogP contribution in [0.25, 0.3) is 0 Å². The van der Waals surface area contributed by atoms with Gasteiger partial charge in [0.2, 0.25) is 0 Å². The maximum absolute atomic E-state index is 9.83. The molecule has 0 saturated heterocycles. The molecule has 0 radical (unpaired) electrons. The average molecular weight is 286 g/mol. The molecule has 1 saturated carbocycles. The summed E-state index contributed by atoms with van der Waals surface area (Å²) in [4.78, 5) is 2.40. The molecule has 1 aliphatic rings. The summed E-state index contributed by atoms with van der Waals surface area (Å²) in [5, 5.41) is 19.4. The minimum Gasteiger partial charge on any atom is -0.508 e. The summed E-state index contributed by atoms with van der Waals surface area (Å²) >= 11 is 0. The Balaban J connectivity index is 0.00000180. The van der Waals surface area contributed by atoms with E-state index in [0.29, 0.717) is 11.8 Å². The van der Waals surface area contributed by atoms with Crippen LogP contribution in [0, 0.1) is 0 Å². The predicted octanol–water partition coefficient (Wildman–Crippen LogP) is 2.94. The fourth-order valence-corrected chi connectivity index (χ4v) is 2.79. The van der Waals surface area contributed by atoms with Gasteiger partial charge in [-0.3, -0.25) is 4.90 Å². The van der Waals surface area contributed by atoms with Crippen molar-refractivity contribution in [2.24, 2.45) is 0 Å². The van der Waals surface area contributed by atoms with Crippen LogP contribution in [0.15, 0.2) is 24.3 Å². The van der Waals surface area contributed by atoms with Gasteiger partial charge in [0, 0.05) is 18.2 Å². The zero-order chi connectivity index (χ0) is 13.0. The Morgan fingerprint density at radius 3 is 2.37 bits per heavy atom. The van der Waals surface area contributed by atoms with Gasteiger partial charge in [-0.15, -0.1) is 12.4 Å². The number of phenolic OH excluding ortho intramolecular Hbond substituents is 1. The van der Waals surface area contributed by atoms with E-state index in [4.69, 9.17) is 0 Å². The zero-order valence-electron chi connectivity index (χ0n) is 11.5. The third kappa shape index (κ3) is 4.37. The Morgan fingerprint density at radius 2 is 1.79 bits per heavy atom. The van der Waals surface area contributed by atoms with Crippen LogP contribution in [-0.4, -0.2) is 33.8 Å². The maximum atomic E-state index is 9.83. The van der Waals surface area contributed by atoms with Crippen molar-refractivity contribution in [3.63, 3.8) is 0 Å². The number of para-hydroxylation sites is 1. The van der Waals surface area contributed by atoms with Crippen LogP contribution in [-0.2, 0) is 6.54 Å². The van der Waals surface area contributed by atoms with Crippen molar-refractivity contribution < 1.29 is 10.2 Å². The fraction of sp³-hybridized carbons (Fsp3) is 0.600. The standard InChI is InChI=1S/C15H23NO2.ClH/c1-2-16(13-7-9-14(17)10-8-13)11-12-5-3-4-6-15(12)18;/h3-6,13-14,17-18H,2,7-11H2,1H3;1H. The lowest BCUT2D eigenvalue weighted by Crippen LogP contribution is -2.38. The van der Waals surface area contributed by atoms with Crippen LogP contribution in [0.4, 0.5) is 0 Å². The van der Waals surface area contributed by atoms with Gasteiger partial charge in [-0.25, -0.2) is 0 Å². The zero-order valence-corrected chi connectivity index (χ0v) is 12.3. The van der Waals surface area contributed by atoms with Gasteiger partial charge in [0.25, 0.3) is 0 Å². The SMILES string of the molecule is CCN(Cc1ccccc1O)C1CCC(O)CC1.Cl. The monoisotopic (exact) mass is 285 g/mol. The molecular weight excluding hydrogens is 262 g/mol. The van der Waals surface area contributed by atoms with E-state index in [1.165, 1.54) is 0 Å². The van der Waals surface area contributed by atoms with E-state index in [2.05, 4.69) is 11.8 Å². The Labute approximate surface area is 121 Å². The molecule has 4 heteroatoms. The van der Waals surface area contributed by atoms with Crippen molar-refractivity contribution in [1.82, 2.24) is 4.90 Å².